The summed E-state index contributed by atoms with van der Waals surface area (Å²) in [4.78, 5) is 29.9. The molecule has 1 aromatic heterocycles. The standard InChI is InChI=1S/C23H23N3O4S/c1-13-5-4-6-14(9-13)12-31-23-25-22(29)20-16(11-19(28)24-21(20)26(23)2)15-7-8-17(27)18(10-15)30-3/h4-10,16,27H,11-12H2,1-3H3,(H,24,28)/t16-/m1/s1. The summed E-state index contributed by atoms with van der Waals surface area (Å²) in [5, 5.41) is 13.3. The third-order valence-electron chi connectivity index (χ3n) is 5.36. The van der Waals surface area contributed by atoms with Crippen molar-refractivity contribution in [2.75, 3.05) is 12.4 Å². The van der Waals surface area contributed by atoms with Crippen molar-refractivity contribution < 1.29 is 14.6 Å². The first-order valence-corrected chi connectivity index (χ1v) is 10.8. The molecule has 31 heavy (non-hydrogen) atoms. The van der Waals surface area contributed by atoms with E-state index in [1.165, 1.54) is 30.5 Å². The minimum Gasteiger partial charge on any atom is -0.504 e. The molecule has 0 unspecified atom stereocenters. The Kier molecular flexibility index (Phi) is 5.73. The Morgan fingerprint density at radius 1 is 1.26 bits per heavy atom. The topological polar surface area (TPSA) is 93.5 Å². The van der Waals surface area contributed by atoms with Gasteiger partial charge < -0.3 is 19.7 Å². The number of amides is 1. The third kappa shape index (κ3) is 4.16. The highest BCUT2D eigenvalue weighted by Gasteiger charge is 2.32. The second-order valence-corrected chi connectivity index (χ2v) is 8.48. The van der Waals surface area contributed by atoms with Gasteiger partial charge in [0.25, 0.3) is 5.56 Å². The molecule has 3 aromatic rings. The average Bonchev–Trinajstić information content (AvgIpc) is 2.75. The van der Waals surface area contributed by atoms with Gasteiger partial charge in [0.2, 0.25) is 5.91 Å². The van der Waals surface area contributed by atoms with Crippen molar-refractivity contribution in [3.63, 3.8) is 0 Å². The van der Waals surface area contributed by atoms with Gasteiger partial charge in [0.05, 0.1) is 12.7 Å². The van der Waals surface area contributed by atoms with Crippen molar-refractivity contribution in [2.24, 2.45) is 7.05 Å². The lowest BCUT2D eigenvalue weighted by Crippen LogP contribution is -2.33. The van der Waals surface area contributed by atoms with Gasteiger partial charge in [-0.15, -0.1) is 0 Å². The predicted octanol–water partition coefficient (Wildman–Crippen LogP) is 3.57. The Morgan fingerprint density at radius 2 is 2.06 bits per heavy atom. The Morgan fingerprint density at radius 3 is 2.81 bits per heavy atom. The van der Waals surface area contributed by atoms with Crippen molar-refractivity contribution in [3.8, 4) is 11.5 Å². The number of aromatic hydroxyl groups is 1. The molecule has 1 atom stereocenters. The van der Waals surface area contributed by atoms with Crippen LogP contribution in [0.2, 0.25) is 0 Å². The minimum atomic E-state index is -0.472. The van der Waals surface area contributed by atoms with Crippen LogP contribution >= 0.6 is 11.8 Å². The van der Waals surface area contributed by atoms with Crippen LogP contribution in [0.3, 0.4) is 0 Å². The number of fused-ring (bicyclic) bond motifs is 1. The molecule has 4 rings (SSSR count). The van der Waals surface area contributed by atoms with Gasteiger partial charge in [0.15, 0.2) is 16.7 Å². The lowest BCUT2D eigenvalue weighted by molar-refractivity contribution is -0.116. The molecule has 0 spiro atoms. The summed E-state index contributed by atoms with van der Waals surface area (Å²) in [6.07, 6.45) is 0.119. The highest BCUT2D eigenvalue weighted by molar-refractivity contribution is 7.98. The fraction of sp³-hybridized carbons (Fsp3) is 0.261. The SMILES string of the molecule is COc1cc([C@H]2CC(=O)Nc3c2c(=O)nc(SCc2cccc(C)c2)n3C)ccc1O. The molecule has 160 valence electrons. The van der Waals surface area contributed by atoms with Crippen LogP contribution in [-0.2, 0) is 17.6 Å². The maximum absolute atomic E-state index is 13.0. The van der Waals surface area contributed by atoms with E-state index in [1.54, 1.807) is 23.7 Å². The molecule has 0 aliphatic carbocycles. The summed E-state index contributed by atoms with van der Waals surface area (Å²) >= 11 is 1.45. The number of aromatic nitrogens is 2. The number of anilines is 1. The van der Waals surface area contributed by atoms with E-state index in [1.807, 2.05) is 25.1 Å². The number of ether oxygens (including phenoxy) is 1. The Hall–Kier alpha value is -3.26. The fourth-order valence-electron chi connectivity index (χ4n) is 3.81. The Labute approximate surface area is 184 Å². The molecule has 8 heteroatoms. The lowest BCUT2D eigenvalue weighted by Gasteiger charge is -2.27. The van der Waals surface area contributed by atoms with Gasteiger partial charge in [0.1, 0.15) is 5.82 Å². The highest BCUT2D eigenvalue weighted by Crippen LogP contribution is 2.39. The summed E-state index contributed by atoms with van der Waals surface area (Å²) in [6, 6.07) is 13.0. The Balaban J connectivity index is 1.72. The van der Waals surface area contributed by atoms with E-state index in [9.17, 15) is 14.7 Å². The summed E-state index contributed by atoms with van der Waals surface area (Å²) in [6.45, 7) is 2.04. The molecule has 1 aliphatic heterocycles. The summed E-state index contributed by atoms with van der Waals surface area (Å²) in [5.74, 6) is 0.759. The number of nitrogens with one attached hydrogen (secondary N) is 1. The number of phenolic OH excluding ortho intramolecular Hbond substituents is 1. The van der Waals surface area contributed by atoms with Gasteiger partial charge in [-0.2, -0.15) is 4.98 Å². The average molecular weight is 438 g/mol. The van der Waals surface area contributed by atoms with E-state index in [4.69, 9.17) is 4.74 Å². The van der Waals surface area contributed by atoms with E-state index >= 15 is 0 Å². The second-order valence-electron chi connectivity index (χ2n) is 7.53. The number of hydrogen-bond donors (Lipinski definition) is 2. The summed E-state index contributed by atoms with van der Waals surface area (Å²) in [5.41, 5.74) is 3.09. The molecule has 1 amide bonds. The van der Waals surface area contributed by atoms with Crippen molar-refractivity contribution in [3.05, 3.63) is 75.1 Å². The zero-order valence-electron chi connectivity index (χ0n) is 17.5. The first-order chi connectivity index (χ1) is 14.9. The van der Waals surface area contributed by atoms with Gasteiger partial charge in [-0.05, 0) is 30.2 Å². The minimum absolute atomic E-state index is 0.000610. The summed E-state index contributed by atoms with van der Waals surface area (Å²) < 4.78 is 6.96. The van der Waals surface area contributed by atoms with Crippen molar-refractivity contribution in [1.29, 1.82) is 0 Å². The van der Waals surface area contributed by atoms with E-state index in [2.05, 4.69) is 16.4 Å². The zero-order valence-corrected chi connectivity index (χ0v) is 18.3. The maximum Gasteiger partial charge on any atom is 0.279 e. The van der Waals surface area contributed by atoms with E-state index in [0.29, 0.717) is 33.6 Å². The Bertz CT molecular complexity index is 1220. The molecule has 2 N–H and O–H groups in total. The number of phenols is 1. The van der Waals surface area contributed by atoms with Gasteiger partial charge in [-0.1, -0.05) is 47.7 Å². The van der Waals surface area contributed by atoms with Crippen LogP contribution in [0.4, 0.5) is 5.82 Å². The molecule has 7 nitrogen and oxygen atoms in total. The van der Waals surface area contributed by atoms with Crippen LogP contribution in [0.1, 0.15) is 34.6 Å². The van der Waals surface area contributed by atoms with Crippen LogP contribution in [0.25, 0.3) is 0 Å². The first-order valence-electron chi connectivity index (χ1n) is 9.83. The number of carbonyl (C=O) groups excluding carboxylic acids is 1. The van der Waals surface area contributed by atoms with Gasteiger partial charge in [-0.3, -0.25) is 9.59 Å². The lowest BCUT2D eigenvalue weighted by atomic mass is 9.86. The summed E-state index contributed by atoms with van der Waals surface area (Å²) in [7, 11) is 3.25. The van der Waals surface area contributed by atoms with Crippen LogP contribution < -0.4 is 15.6 Å². The van der Waals surface area contributed by atoms with Crippen molar-refractivity contribution >= 4 is 23.5 Å². The van der Waals surface area contributed by atoms with Crippen LogP contribution in [0.15, 0.2) is 52.4 Å². The normalized spacial score (nSPS) is 15.3. The van der Waals surface area contributed by atoms with Gasteiger partial charge >= 0.3 is 0 Å². The van der Waals surface area contributed by atoms with Gasteiger partial charge in [-0.25, -0.2) is 0 Å². The number of aryl methyl sites for hydroxylation is 1. The number of rotatable bonds is 5. The molecule has 0 bridgehead atoms. The van der Waals surface area contributed by atoms with Crippen LogP contribution in [0.5, 0.6) is 11.5 Å². The molecule has 1 aliphatic rings. The second kappa shape index (κ2) is 8.47. The predicted molar refractivity (Wildman–Crippen MR) is 120 cm³/mol. The molecule has 0 saturated heterocycles. The highest BCUT2D eigenvalue weighted by atomic mass is 32.2. The number of benzene rings is 2. The monoisotopic (exact) mass is 437 g/mol. The molecule has 0 radical (unpaired) electrons. The van der Waals surface area contributed by atoms with Crippen molar-refractivity contribution in [1.82, 2.24) is 9.55 Å². The molecule has 0 saturated carbocycles. The molecule has 2 heterocycles. The first kappa shape index (κ1) is 21.0. The van der Waals surface area contributed by atoms with Crippen LogP contribution in [0, 0.1) is 6.92 Å². The number of thioether (sulfide) groups is 1. The van der Waals surface area contributed by atoms with Crippen LogP contribution in [-0.4, -0.2) is 27.7 Å². The zero-order chi connectivity index (χ0) is 22.1. The fourth-order valence-corrected chi connectivity index (χ4v) is 4.72. The molecular formula is C23H23N3O4S. The van der Waals surface area contributed by atoms with E-state index in [-0.39, 0.29) is 23.6 Å². The van der Waals surface area contributed by atoms with Crippen molar-refractivity contribution in [2.45, 2.75) is 30.2 Å². The third-order valence-corrected chi connectivity index (χ3v) is 6.46. The van der Waals surface area contributed by atoms with Gasteiger partial charge in [0, 0.05) is 25.1 Å². The molecule has 2 aromatic carbocycles. The largest absolute Gasteiger partial charge is 0.504 e. The number of nitrogens with zero attached hydrogens (tertiary/aromatic N) is 2. The molecule has 0 fully saturated rings. The smallest absolute Gasteiger partial charge is 0.279 e. The molecular weight excluding hydrogens is 414 g/mol. The quantitative estimate of drug-likeness (QED) is 0.468. The van der Waals surface area contributed by atoms with E-state index < -0.39 is 5.92 Å². The van der Waals surface area contributed by atoms with E-state index in [0.717, 1.165) is 5.56 Å². The number of carbonyl (C=O) groups is 1. The maximum atomic E-state index is 13.0. The number of hydrogen-bond acceptors (Lipinski definition) is 6. The number of methoxy groups -OCH3 is 1.